The van der Waals surface area contributed by atoms with Gasteiger partial charge in [0.1, 0.15) is 12.3 Å². The first-order valence-corrected chi connectivity index (χ1v) is 10.1. The van der Waals surface area contributed by atoms with E-state index in [-0.39, 0.29) is 18.2 Å². The van der Waals surface area contributed by atoms with E-state index in [0.717, 1.165) is 25.1 Å². The molecule has 0 saturated carbocycles. The second-order valence-corrected chi connectivity index (χ2v) is 7.84. The smallest absolute Gasteiger partial charge is 0.494 e. The monoisotopic (exact) mass is 436 g/mol. The number of ether oxygens (including phenoxy) is 1. The zero-order valence-corrected chi connectivity index (χ0v) is 17.1. The Morgan fingerprint density at radius 3 is 3.03 bits per heavy atom. The number of nitrogens with zero attached hydrogens (tertiary/aromatic N) is 7. The Labute approximate surface area is 172 Å². The van der Waals surface area contributed by atoms with Crippen molar-refractivity contribution in [2.75, 3.05) is 12.4 Å². The molecule has 0 atom stereocenters. The lowest BCUT2D eigenvalue weighted by molar-refractivity contribution is -0.394. The Balaban J connectivity index is 1.50. The predicted octanol–water partition coefficient (Wildman–Crippen LogP) is 1.87. The minimum Gasteiger partial charge on any atom is -0.494 e. The average Bonchev–Trinajstić information content (AvgIpc) is 3.31. The van der Waals surface area contributed by atoms with Gasteiger partial charge in [-0.15, -0.1) is 11.3 Å². The number of nitro groups is 1. The average molecular weight is 436 g/mol. The highest BCUT2D eigenvalue weighted by Gasteiger charge is 2.15. The number of carbonyl (C=O) groups excluding carboxylic acids is 1. The summed E-state index contributed by atoms with van der Waals surface area (Å²) in [5.41, 5.74) is 3.73. The molecule has 3 rings (SSSR count). The van der Waals surface area contributed by atoms with Crippen LogP contribution in [-0.4, -0.2) is 54.1 Å². The van der Waals surface area contributed by atoms with Gasteiger partial charge in [0.2, 0.25) is 0 Å². The van der Waals surface area contributed by atoms with Gasteiger partial charge in [0.25, 0.3) is 5.91 Å². The van der Waals surface area contributed by atoms with Crippen LogP contribution < -0.4 is 10.2 Å². The number of hydrogen-bond acceptors (Lipinski definition) is 11. The van der Waals surface area contributed by atoms with Crippen molar-refractivity contribution in [3.05, 3.63) is 28.3 Å². The van der Waals surface area contributed by atoms with Crippen molar-refractivity contribution in [1.82, 2.24) is 30.6 Å². The van der Waals surface area contributed by atoms with E-state index in [1.807, 2.05) is 25.1 Å². The summed E-state index contributed by atoms with van der Waals surface area (Å²) in [6.07, 6.45) is 0. The van der Waals surface area contributed by atoms with Gasteiger partial charge >= 0.3 is 5.95 Å². The first-order valence-electron chi connectivity index (χ1n) is 8.35. The molecule has 0 spiro atoms. The van der Waals surface area contributed by atoms with Crippen molar-refractivity contribution in [3.8, 4) is 5.75 Å². The summed E-state index contributed by atoms with van der Waals surface area (Å²) >= 11 is 2.79. The number of benzene rings is 1. The van der Waals surface area contributed by atoms with Crippen LogP contribution in [-0.2, 0) is 11.3 Å². The van der Waals surface area contributed by atoms with E-state index in [9.17, 15) is 14.9 Å². The van der Waals surface area contributed by atoms with E-state index in [0.29, 0.717) is 12.3 Å². The van der Waals surface area contributed by atoms with Crippen molar-refractivity contribution in [2.24, 2.45) is 5.10 Å². The topological polar surface area (TPSA) is 150 Å². The summed E-state index contributed by atoms with van der Waals surface area (Å²) < 4.78 is 7.23. The van der Waals surface area contributed by atoms with Gasteiger partial charge in [0.05, 0.1) is 38.5 Å². The number of thioether (sulfide) groups is 1. The van der Waals surface area contributed by atoms with Gasteiger partial charge in [-0.05, 0) is 37.0 Å². The van der Waals surface area contributed by atoms with Crippen LogP contribution in [0.2, 0.25) is 0 Å². The number of nitrogens with one attached hydrogen (secondary N) is 1. The molecule has 2 heterocycles. The second kappa shape index (κ2) is 9.38. The fourth-order valence-corrected chi connectivity index (χ4v) is 4.02. The lowest BCUT2D eigenvalue weighted by atomic mass is 10.3. The third-order valence-electron chi connectivity index (χ3n) is 3.33. The summed E-state index contributed by atoms with van der Waals surface area (Å²) in [4.78, 5) is 27.3. The zero-order chi connectivity index (χ0) is 20.8. The molecule has 1 aromatic carbocycles. The maximum atomic E-state index is 12.0. The highest BCUT2D eigenvalue weighted by atomic mass is 32.2. The zero-order valence-electron chi connectivity index (χ0n) is 15.4. The molecule has 12 nitrogen and oxygen atoms in total. The Bertz CT molecular complexity index is 1060. The highest BCUT2D eigenvalue weighted by Crippen LogP contribution is 2.31. The summed E-state index contributed by atoms with van der Waals surface area (Å²) in [5.74, 6) is 0.0284. The van der Waals surface area contributed by atoms with Crippen LogP contribution in [0.5, 0.6) is 5.75 Å². The van der Waals surface area contributed by atoms with Crippen molar-refractivity contribution in [3.63, 3.8) is 0 Å². The molecule has 0 unspecified atom stereocenters. The standard InChI is InChI=1S/C15H16N8O4S2/c1-3-27-10-4-5-11-12(6-10)29-15(16-11)28-8-13(24)18-17-9(2)7-22-20-14(19-21-22)23(25)26/h4-6H,3,7-8H2,1-2H3,(H,18,24)/b17-9+. The molecule has 0 radical (unpaired) electrons. The maximum Gasteiger partial charge on any atom is 0.514 e. The minimum atomic E-state index is -0.741. The molecule has 1 N–H and O–H groups in total. The Morgan fingerprint density at radius 1 is 1.48 bits per heavy atom. The molecule has 0 fully saturated rings. The number of hydrogen-bond donors (Lipinski definition) is 1. The minimum absolute atomic E-state index is 0.0638. The molecule has 0 aliphatic carbocycles. The van der Waals surface area contributed by atoms with Crippen LogP contribution in [0.1, 0.15) is 13.8 Å². The van der Waals surface area contributed by atoms with Crippen LogP contribution in [0.3, 0.4) is 0 Å². The number of tetrazole rings is 1. The van der Waals surface area contributed by atoms with E-state index in [4.69, 9.17) is 4.74 Å². The molecule has 3 aromatic rings. The van der Waals surface area contributed by atoms with E-state index in [1.54, 1.807) is 6.92 Å². The SMILES string of the molecule is CCOc1ccc2nc(SCC(=O)N/N=C(\C)Cn3nnc([N+](=O)[O-])n3)sc2c1. The predicted molar refractivity (Wildman–Crippen MR) is 107 cm³/mol. The molecule has 14 heteroatoms. The molecule has 0 saturated heterocycles. The quantitative estimate of drug-likeness (QED) is 0.229. The van der Waals surface area contributed by atoms with Crippen LogP contribution in [0, 0.1) is 10.1 Å². The van der Waals surface area contributed by atoms with Crippen LogP contribution in [0.25, 0.3) is 10.2 Å². The Hall–Kier alpha value is -3.13. The molecule has 1 amide bonds. The fourth-order valence-electron chi connectivity index (χ4n) is 2.13. The van der Waals surface area contributed by atoms with Gasteiger partial charge < -0.3 is 14.9 Å². The van der Waals surface area contributed by atoms with Crippen molar-refractivity contribution in [2.45, 2.75) is 24.7 Å². The largest absolute Gasteiger partial charge is 0.514 e. The maximum absolute atomic E-state index is 12.0. The molecule has 2 aromatic heterocycles. The molecule has 0 aliphatic rings. The summed E-state index contributed by atoms with van der Waals surface area (Å²) in [5, 5.41) is 24.9. The summed E-state index contributed by atoms with van der Waals surface area (Å²) in [6.45, 7) is 4.21. The number of aromatic nitrogens is 5. The van der Waals surface area contributed by atoms with Gasteiger partial charge in [-0.1, -0.05) is 16.6 Å². The number of fused-ring (bicyclic) bond motifs is 1. The lowest BCUT2D eigenvalue weighted by Gasteiger charge is -2.00. The van der Waals surface area contributed by atoms with E-state index in [1.165, 1.54) is 23.1 Å². The molecular weight excluding hydrogens is 420 g/mol. The Kier molecular flexibility index (Phi) is 6.66. The molecular formula is C15H16N8O4S2. The van der Waals surface area contributed by atoms with E-state index >= 15 is 0 Å². The van der Waals surface area contributed by atoms with Gasteiger partial charge in [-0.25, -0.2) is 10.4 Å². The third-order valence-corrected chi connectivity index (χ3v) is 5.49. The van der Waals surface area contributed by atoms with Crippen LogP contribution >= 0.6 is 23.1 Å². The van der Waals surface area contributed by atoms with E-state index in [2.05, 4.69) is 30.9 Å². The fraction of sp³-hybridized carbons (Fsp3) is 0.333. The van der Waals surface area contributed by atoms with Crippen molar-refractivity contribution in [1.29, 1.82) is 0 Å². The number of hydrazone groups is 1. The number of carbonyl (C=O) groups is 1. The number of thiazole rings is 1. The van der Waals surface area contributed by atoms with Gasteiger partial charge in [0.15, 0.2) is 4.34 Å². The Morgan fingerprint density at radius 2 is 2.31 bits per heavy atom. The summed E-state index contributed by atoms with van der Waals surface area (Å²) in [7, 11) is 0. The first-order chi connectivity index (χ1) is 13.9. The first kappa shape index (κ1) is 20.6. The lowest BCUT2D eigenvalue weighted by Crippen LogP contribution is -2.22. The normalized spacial score (nSPS) is 11.6. The van der Waals surface area contributed by atoms with Crippen LogP contribution in [0.4, 0.5) is 5.95 Å². The second-order valence-electron chi connectivity index (χ2n) is 5.59. The van der Waals surface area contributed by atoms with Crippen LogP contribution in [0.15, 0.2) is 27.6 Å². The molecule has 29 heavy (non-hydrogen) atoms. The summed E-state index contributed by atoms with van der Waals surface area (Å²) in [6, 6.07) is 5.68. The van der Waals surface area contributed by atoms with Crippen molar-refractivity contribution >= 4 is 50.9 Å². The number of amides is 1. The number of rotatable bonds is 9. The van der Waals surface area contributed by atoms with Gasteiger partial charge in [-0.2, -0.15) is 5.10 Å². The third kappa shape index (κ3) is 5.68. The highest BCUT2D eigenvalue weighted by molar-refractivity contribution is 8.01. The van der Waals surface area contributed by atoms with Gasteiger partial charge in [0, 0.05) is 5.21 Å². The van der Waals surface area contributed by atoms with Crippen molar-refractivity contribution < 1.29 is 14.5 Å². The molecule has 152 valence electrons. The molecule has 0 aliphatic heterocycles. The van der Waals surface area contributed by atoms with Gasteiger partial charge in [-0.3, -0.25) is 4.79 Å². The van der Waals surface area contributed by atoms with E-state index < -0.39 is 10.9 Å². The molecule has 0 bridgehead atoms.